The van der Waals surface area contributed by atoms with Crippen molar-refractivity contribution in [3.8, 4) is 0 Å². The zero-order chi connectivity index (χ0) is 11.5. The van der Waals surface area contributed by atoms with Crippen molar-refractivity contribution < 1.29 is 4.92 Å². The van der Waals surface area contributed by atoms with E-state index in [1.807, 2.05) is 0 Å². The van der Waals surface area contributed by atoms with Gasteiger partial charge in [0.1, 0.15) is 17.0 Å². The van der Waals surface area contributed by atoms with Crippen LogP contribution in [0.2, 0.25) is 0 Å². The lowest BCUT2D eigenvalue weighted by Crippen LogP contribution is -1.89. The van der Waals surface area contributed by atoms with E-state index < -0.39 is 4.92 Å². The third-order valence-electron chi connectivity index (χ3n) is 1.70. The molecule has 7 nitrogen and oxygen atoms in total. The van der Waals surface area contributed by atoms with Crippen LogP contribution in [0.5, 0.6) is 0 Å². The molecule has 0 fully saturated rings. The molecule has 2 heterocycles. The van der Waals surface area contributed by atoms with Gasteiger partial charge in [-0.15, -0.1) is 5.10 Å². The minimum Gasteiger partial charge on any atom is -0.262 e. The van der Waals surface area contributed by atoms with Crippen LogP contribution in [0.15, 0.2) is 28.5 Å². The summed E-state index contributed by atoms with van der Waals surface area (Å²) < 4.78 is 0. The van der Waals surface area contributed by atoms with Gasteiger partial charge in [0.2, 0.25) is 5.16 Å². The molecule has 1 N–H and O–H groups in total. The number of hydrogen-bond acceptors (Lipinski definition) is 6. The molecule has 82 valence electrons. The zero-order valence-electron chi connectivity index (χ0n) is 8.25. The predicted molar refractivity (Wildman–Crippen MR) is 56.1 cm³/mol. The molecule has 0 aromatic carbocycles. The number of nitrogens with one attached hydrogen (secondary N) is 1. The quantitative estimate of drug-likeness (QED) is 0.642. The third kappa shape index (κ3) is 2.34. The molecule has 2 aromatic rings. The Bertz CT molecular complexity index is 509. The van der Waals surface area contributed by atoms with Gasteiger partial charge >= 0.3 is 0 Å². The van der Waals surface area contributed by atoms with Crippen LogP contribution in [0.25, 0.3) is 0 Å². The summed E-state index contributed by atoms with van der Waals surface area (Å²) >= 11 is 1.24. The molecule has 0 saturated carbocycles. The Morgan fingerprint density at radius 3 is 2.81 bits per heavy atom. The first kappa shape index (κ1) is 10.6. The molecular weight excluding hydrogens is 230 g/mol. The second kappa shape index (κ2) is 4.27. The number of rotatable bonds is 3. The third-order valence-corrected chi connectivity index (χ3v) is 2.52. The van der Waals surface area contributed by atoms with Crippen LogP contribution in [-0.2, 0) is 0 Å². The van der Waals surface area contributed by atoms with Crippen LogP contribution in [0.1, 0.15) is 5.82 Å². The number of nitro groups is 1. The highest BCUT2D eigenvalue weighted by molar-refractivity contribution is 7.99. The van der Waals surface area contributed by atoms with Crippen LogP contribution in [0.3, 0.4) is 0 Å². The van der Waals surface area contributed by atoms with Crippen molar-refractivity contribution in [2.75, 3.05) is 0 Å². The highest BCUT2D eigenvalue weighted by Crippen LogP contribution is 2.23. The standard InChI is InChI=1S/C8H7N5O2S/c1-5-10-8(12-11-5)16-7-3-2-6(4-9-7)13(14)15/h2-4H,1H3,(H,10,11,12). The molecule has 2 rings (SSSR count). The lowest BCUT2D eigenvalue weighted by atomic mass is 10.4. The molecule has 0 radical (unpaired) electrons. The Balaban J connectivity index is 2.14. The minimum atomic E-state index is -0.488. The summed E-state index contributed by atoms with van der Waals surface area (Å²) in [5.41, 5.74) is -0.0319. The highest BCUT2D eigenvalue weighted by Gasteiger charge is 2.08. The first-order valence-corrected chi connectivity index (χ1v) is 5.14. The van der Waals surface area contributed by atoms with Crippen molar-refractivity contribution in [3.05, 3.63) is 34.3 Å². The smallest absolute Gasteiger partial charge is 0.262 e. The lowest BCUT2D eigenvalue weighted by molar-refractivity contribution is -0.385. The molecule has 16 heavy (non-hydrogen) atoms. The van der Waals surface area contributed by atoms with Gasteiger partial charge in [0.25, 0.3) is 5.69 Å². The van der Waals surface area contributed by atoms with Crippen molar-refractivity contribution in [3.63, 3.8) is 0 Å². The van der Waals surface area contributed by atoms with Gasteiger partial charge in [0.05, 0.1) is 4.92 Å². The van der Waals surface area contributed by atoms with Gasteiger partial charge in [-0.3, -0.25) is 15.2 Å². The first-order valence-electron chi connectivity index (χ1n) is 4.32. The molecule has 0 atom stereocenters. The van der Waals surface area contributed by atoms with E-state index in [2.05, 4.69) is 20.2 Å². The van der Waals surface area contributed by atoms with Gasteiger partial charge in [0, 0.05) is 6.07 Å². The molecular formula is C8H7N5O2S. The van der Waals surface area contributed by atoms with Crippen molar-refractivity contribution >= 4 is 17.4 Å². The van der Waals surface area contributed by atoms with E-state index in [0.29, 0.717) is 16.0 Å². The molecule has 0 amide bonds. The predicted octanol–water partition coefficient (Wildman–Crippen LogP) is 1.57. The SMILES string of the molecule is Cc1nc(Sc2ccc([N+](=O)[O-])cn2)n[nH]1. The topological polar surface area (TPSA) is 97.6 Å². The lowest BCUT2D eigenvalue weighted by Gasteiger charge is -1.94. The number of aromatic amines is 1. The Hall–Kier alpha value is -1.96. The first-order chi connectivity index (χ1) is 7.65. The number of nitrogens with zero attached hydrogens (tertiary/aromatic N) is 4. The van der Waals surface area contributed by atoms with Crippen LogP contribution < -0.4 is 0 Å². The van der Waals surface area contributed by atoms with Crippen LogP contribution >= 0.6 is 11.8 Å². The molecule has 0 aliphatic rings. The van der Waals surface area contributed by atoms with E-state index in [-0.39, 0.29) is 5.69 Å². The van der Waals surface area contributed by atoms with Crippen molar-refractivity contribution in [1.82, 2.24) is 20.2 Å². The maximum atomic E-state index is 10.4. The fourth-order valence-electron chi connectivity index (χ4n) is 1.00. The molecule has 0 aliphatic heterocycles. The summed E-state index contributed by atoms with van der Waals surface area (Å²) in [6.45, 7) is 1.79. The summed E-state index contributed by atoms with van der Waals surface area (Å²) in [5, 5.41) is 18.2. The summed E-state index contributed by atoms with van der Waals surface area (Å²) in [7, 11) is 0. The van der Waals surface area contributed by atoms with Crippen molar-refractivity contribution in [2.45, 2.75) is 17.1 Å². The monoisotopic (exact) mass is 237 g/mol. The van der Waals surface area contributed by atoms with E-state index in [1.54, 1.807) is 13.0 Å². The Kier molecular flexibility index (Phi) is 2.82. The molecule has 0 bridgehead atoms. The average molecular weight is 237 g/mol. The van der Waals surface area contributed by atoms with E-state index in [9.17, 15) is 10.1 Å². The van der Waals surface area contributed by atoms with E-state index in [4.69, 9.17) is 0 Å². The maximum absolute atomic E-state index is 10.4. The number of hydrogen-bond donors (Lipinski definition) is 1. The fraction of sp³-hybridized carbons (Fsp3) is 0.125. The van der Waals surface area contributed by atoms with Gasteiger partial charge in [-0.2, -0.15) is 0 Å². The van der Waals surface area contributed by atoms with Crippen LogP contribution in [-0.4, -0.2) is 25.1 Å². The normalized spacial score (nSPS) is 10.3. The van der Waals surface area contributed by atoms with Gasteiger partial charge in [-0.05, 0) is 24.8 Å². The molecule has 0 saturated heterocycles. The summed E-state index contributed by atoms with van der Waals surface area (Å²) in [4.78, 5) is 17.9. The summed E-state index contributed by atoms with van der Waals surface area (Å²) in [6.07, 6.45) is 1.21. The van der Waals surface area contributed by atoms with Gasteiger partial charge in [0.15, 0.2) is 0 Å². The van der Waals surface area contributed by atoms with Crippen LogP contribution in [0.4, 0.5) is 5.69 Å². The van der Waals surface area contributed by atoms with E-state index >= 15 is 0 Å². The zero-order valence-corrected chi connectivity index (χ0v) is 9.06. The Morgan fingerprint density at radius 1 is 1.50 bits per heavy atom. The number of aromatic nitrogens is 4. The largest absolute Gasteiger partial charge is 0.287 e. The molecule has 2 aromatic heterocycles. The van der Waals surface area contributed by atoms with E-state index in [0.717, 1.165) is 0 Å². The second-order valence-corrected chi connectivity index (χ2v) is 3.90. The molecule has 8 heteroatoms. The van der Waals surface area contributed by atoms with Gasteiger partial charge in [-0.25, -0.2) is 9.97 Å². The number of pyridine rings is 1. The van der Waals surface area contributed by atoms with Crippen molar-refractivity contribution in [1.29, 1.82) is 0 Å². The maximum Gasteiger partial charge on any atom is 0.287 e. The van der Waals surface area contributed by atoms with Crippen molar-refractivity contribution in [2.24, 2.45) is 0 Å². The second-order valence-electron chi connectivity index (χ2n) is 2.92. The molecule has 0 aliphatic carbocycles. The fourth-order valence-corrected chi connectivity index (χ4v) is 1.70. The van der Waals surface area contributed by atoms with E-state index in [1.165, 1.54) is 24.0 Å². The van der Waals surface area contributed by atoms with Gasteiger partial charge < -0.3 is 0 Å². The van der Waals surface area contributed by atoms with Crippen LogP contribution in [0, 0.1) is 17.0 Å². The summed E-state index contributed by atoms with van der Waals surface area (Å²) in [5.74, 6) is 0.712. The minimum absolute atomic E-state index is 0.0319. The number of H-pyrrole nitrogens is 1. The Morgan fingerprint density at radius 2 is 2.31 bits per heavy atom. The molecule has 0 spiro atoms. The average Bonchev–Trinajstić information content (AvgIpc) is 2.65. The summed E-state index contributed by atoms with van der Waals surface area (Å²) in [6, 6.07) is 2.96. The highest BCUT2D eigenvalue weighted by atomic mass is 32.2. The molecule has 0 unspecified atom stereocenters. The van der Waals surface area contributed by atoms with Gasteiger partial charge in [-0.1, -0.05) is 0 Å². The number of aryl methyl sites for hydroxylation is 1. The Labute approximate surface area is 94.5 Å².